The molecule has 1 aliphatic carbocycles. The minimum atomic E-state index is -1.80. The number of nitrogens with one attached hydrogen (secondary N) is 2. The van der Waals surface area contributed by atoms with E-state index in [1.54, 1.807) is 18.9 Å². The van der Waals surface area contributed by atoms with E-state index >= 15 is 0 Å². The summed E-state index contributed by atoms with van der Waals surface area (Å²) in [6.45, 7) is 1.88. The van der Waals surface area contributed by atoms with Crippen molar-refractivity contribution in [2.24, 2.45) is 0 Å². The Balaban J connectivity index is 1.40. The molecule has 0 heterocycles. The Labute approximate surface area is 238 Å². The van der Waals surface area contributed by atoms with Gasteiger partial charge in [0.05, 0.1) is 6.61 Å². The van der Waals surface area contributed by atoms with Crippen molar-refractivity contribution in [3.8, 4) is 11.1 Å². The zero-order valence-corrected chi connectivity index (χ0v) is 22.9. The summed E-state index contributed by atoms with van der Waals surface area (Å²) in [7, 11) is 1.72. The van der Waals surface area contributed by atoms with Crippen LogP contribution in [0.2, 0.25) is 0 Å². The van der Waals surface area contributed by atoms with Crippen LogP contribution >= 0.6 is 0 Å². The van der Waals surface area contributed by atoms with E-state index < -0.39 is 36.0 Å². The number of carboxylic acid groups (broad SMARTS) is 1. The molecule has 10 nitrogen and oxygen atoms in total. The van der Waals surface area contributed by atoms with Gasteiger partial charge in [0.1, 0.15) is 12.6 Å². The number of carbonyl (C=O) groups is 4. The summed E-state index contributed by atoms with van der Waals surface area (Å²) >= 11 is 0. The Morgan fingerprint density at radius 3 is 2.02 bits per heavy atom. The van der Waals surface area contributed by atoms with Gasteiger partial charge in [0.25, 0.3) is 5.91 Å². The van der Waals surface area contributed by atoms with Crippen LogP contribution in [0.25, 0.3) is 11.1 Å². The third-order valence-electron chi connectivity index (χ3n) is 6.79. The molecule has 3 N–H and O–H groups in total. The molecule has 2 atom stereocenters. The highest BCUT2D eigenvalue weighted by molar-refractivity contribution is 6.05. The lowest BCUT2D eigenvalue weighted by molar-refractivity contribution is -0.151. The molecule has 0 saturated heterocycles. The number of alkyl carbamates (subject to hydrolysis) is 1. The van der Waals surface area contributed by atoms with Gasteiger partial charge in [-0.2, -0.15) is 0 Å². The van der Waals surface area contributed by atoms with E-state index in [2.05, 4.69) is 10.6 Å². The molecule has 0 bridgehead atoms. The van der Waals surface area contributed by atoms with Crippen molar-refractivity contribution in [3.05, 3.63) is 95.6 Å². The van der Waals surface area contributed by atoms with Crippen LogP contribution < -0.4 is 10.6 Å². The summed E-state index contributed by atoms with van der Waals surface area (Å²) in [5.74, 6) is -3.56. The second-order valence-electron chi connectivity index (χ2n) is 9.74. The van der Waals surface area contributed by atoms with Crippen LogP contribution in [0.5, 0.6) is 0 Å². The number of carboxylic acids is 1. The Morgan fingerprint density at radius 2 is 1.44 bits per heavy atom. The van der Waals surface area contributed by atoms with Crippen molar-refractivity contribution in [1.29, 1.82) is 0 Å². The summed E-state index contributed by atoms with van der Waals surface area (Å²) < 4.78 is 10.4. The summed E-state index contributed by atoms with van der Waals surface area (Å²) in [4.78, 5) is 52.2. The number of rotatable bonds is 12. The zero-order chi connectivity index (χ0) is 29.4. The second-order valence-corrected chi connectivity index (χ2v) is 9.74. The third-order valence-corrected chi connectivity index (χ3v) is 6.79. The predicted molar refractivity (Wildman–Crippen MR) is 151 cm³/mol. The molecule has 10 heteroatoms. The quantitative estimate of drug-likeness (QED) is 0.228. The molecule has 41 heavy (non-hydrogen) atoms. The lowest BCUT2D eigenvalue weighted by atomic mass is 9.98. The number of nitrogens with zero attached hydrogens (tertiary/aromatic N) is 1. The Hall–Kier alpha value is -4.70. The van der Waals surface area contributed by atoms with Gasteiger partial charge in [-0.15, -0.1) is 0 Å². The van der Waals surface area contributed by atoms with E-state index in [0.717, 1.165) is 27.8 Å². The summed E-state index contributed by atoms with van der Waals surface area (Å²) in [6.07, 6.45) is -1.01. The molecule has 1 aliphatic rings. The topological polar surface area (TPSA) is 134 Å². The molecule has 0 fully saturated rings. The first-order chi connectivity index (χ1) is 19.8. The van der Waals surface area contributed by atoms with Gasteiger partial charge in [-0.05, 0) is 41.8 Å². The van der Waals surface area contributed by atoms with E-state index in [0.29, 0.717) is 6.54 Å². The first-order valence-corrected chi connectivity index (χ1v) is 13.3. The lowest BCUT2D eigenvalue weighted by Gasteiger charge is -2.24. The predicted octanol–water partition coefficient (Wildman–Crippen LogP) is 3.16. The molecular formula is C31H33N3O7. The number of aliphatic carboxylic acids is 1. The van der Waals surface area contributed by atoms with Gasteiger partial charge in [-0.25, -0.2) is 14.4 Å². The third kappa shape index (κ3) is 7.29. The van der Waals surface area contributed by atoms with Gasteiger partial charge >= 0.3 is 18.0 Å². The molecule has 2 unspecified atom stereocenters. The number of esters is 1. The standard InChI is InChI=1S/C31H33N3O7/c1-3-40-30(38)27(28(35)32-26(29(36)37)18-34(2)17-20-11-5-4-6-12-20)33-31(39)41-19-25-23-15-9-7-13-21(23)22-14-8-10-16-24(22)25/h4-16,25-27H,3,17-19H2,1-2H3,(H,32,35)(H,33,39)(H,36,37). The summed E-state index contributed by atoms with van der Waals surface area (Å²) in [5, 5.41) is 14.3. The van der Waals surface area contributed by atoms with Crippen LogP contribution in [0, 0.1) is 0 Å². The van der Waals surface area contributed by atoms with Crippen LogP contribution in [0.4, 0.5) is 4.79 Å². The van der Waals surface area contributed by atoms with Crippen molar-refractivity contribution in [2.45, 2.75) is 31.5 Å². The fraction of sp³-hybridized carbons (Fsp3) is 0.290. The monoisotopic (exact) mass is 559 g/mol. The number of hydrogen-bond donors (Lipinski definition) is 3. The molecule has 0 aliphatic heterocycles. The fourth-order valence-corrected chi connectivity index (χ4v) is 4.93. The summed E-state index contributed by atoms with van der Waals surface area (Å²) in [5.41, 5.74) is 5.08. The molecule has 0 spiro atoms. The highest BCUT2D eigenvalue weighted by atomic mass is 16.6. The van der Waals surface area contributed by atoms with Crippen molar-refractivity contribution in [2.75, 3.05) is 26.8 Å². The van der Waals surface area contributed by atoms with Crippen molar-refractivity contribution in [3.63, 3.8) is 0 Å². The van der Waals surface area contributed by atoms with Crippen molar-refractivity contribution < 1.29 is 33.8 Å². The van der Waals surface area contributed by atoms with E-state index in [-0.39, 0.29) is 25.7 Å². The number of likely N-dealkylation sites (N-methyl/N-ethyl adjacent to an activating group) is 1. The number of carbonyl (C=O) groups excluding carboxylic acids is 3. The molecule has 3 aromatic carbocycles. The lowest BCUT2D eigenvalue weighted by Crippen LogP contribution is -2.57. The van der Waals surface area contributed by atoms with E-state index in [4.69, 9.17) is 9.47 Å². The largest absolute Gasteiger partial charge is 0.480 e. The average molecular weight is 560 g/mol. The molecular weight excluding hydrogens is 526 g/mol. The van der Waals surface area contributed by atoms with Crippen LogP contribution in [0.3, 0.4) is 0 Å². The first-order valence-electron chi connectivity index (χ1n) is 13.3. The summed E-state index contributed by atoms with van der Waals surface area (Å²) in [6, 6.07) is 21.9. The van der Waals surface area contributed by atoms with Crippen LogP contribution in [0.15, 0.2) is 78.9 Å². The molecule has 0 aromatic heterocycles. The molecule has 0 saturated carbocycles. The van der Waals surface area contributed by atoms with Crippen LogP contribution in [-0.4, -0.2) is 72.8 Å². The second kappa shape index (κ2) is 13.6. The number of fused-ring (bicyclic) bond motifs is 3. The zero-order valence-electron chi connectivity index (χ0n) is 22.9. The Kier molecular flexibility index (Phi) is 9.70. The first kappa shape index (κ1) is 29.3. The minimum absolute atomic E-state index is 0.0287. The van der Waals surface area contributed by atoms with Crippen LogP contribution in [-0.2, 0) is 30.4 Å². The average Bonchev–Trinajstić information content (AvgIpc) is 3.28. The normalized spacial score (nSPS) is 13.4. The highest BCUT2D eigenvalue weighted by Crippen LogP contribution is 2.44. The van der Waals surface area contributed by atoms with Gasteiger partial charge in [0.2, 0.25) is 6.04 Å². The maximum Gasteiger partial charge on any atom is 0.408 e. The van der Waals surface area contributed by atoms with Gasteiger partial charge < -0.3 is 19.9 Å². The minimum Gasteiger partial charge on any atom is -0.480 e. The number of ether oxygens (including phenoxy) is 2. The van der Waals surface area contributed by atoms with E-state index in [9.17, 15) is 24.3 Å². The van der Waals surface area contributed by atoms with Gasteiger partial charge in [0.15, 0.2) is 0 Å². The maximum absolute atomic E-state index is 13.1. The van der Waals surface area contributed by atoms with E-state index in [1.165, 1.54) is 0 Å². The van der Waals surface area contributed by atoms with Gasteiger partial charge in [-0.1, -0.05) is 78.9 Å². The van der Waals surface area contributed by atoms with Gasteiger partial charge in [0, 0.05) is 19.0 Å². The molecule has 4 rings (SSSR count). The Bertz CT molecular complexity index is 1350. The highest BCUT2D eigenvalue weighted by Gasteiger charge is 2.35. The smallest absolute Gasteiger partial charge is 0.408 e. The van der Waals surface area contributed by atoms with Crippen molar-refractivity contribution in [1.82, 2.24) is 15.5 Å². The SMILES string of the molecule is CCOC(=O)C(NC(=O)OCC1c2ccccc2-c2ccccc21)C(=O)NC(CN(C)Cc1ccccc1)C(=O)O. The molecule has 214 valence electrons. The van der Waals surface area contributed by atoms with Crippen LogP contribution in [0.1, 0.15) is 29.5 Å². The number of hydrogen-bond acceptors (Lipinski definition) is 7. The molecule has 3 aromatic rings. The van der Waals surface area contributed by atoms with Gasteiger partial charge in [-0.3, -0.25) is 15.0 Å². The maximum atomic E-state index is 13.1. The fourth-order valence-electron chi connectivity index (χ4n) is 4.93. The molecule has 0 radical (unpaired) electrons. The number of benzene rings is 3. The number of amides is 2. The van der Waals surface area contributed by atoms with Crippen molar-refractivity contribution >= 4 is 23.9 Å². The Morgan fingerprint density at radius 1 is 0.854 bits per heavy atom. The van der Waals surface area contributed by atoms with E-state index in [1.807, 2.05) is 78.9 Å². The molecule has 2 amide bonds.